The number of aryl methyl sites for hydroxylation is 1. The van der Waals surface area contributed by atoms with Gasteiger partial charge in [-0.15, -0.1) is 0 Å². The number of carboxylic acids is 2. The Kier molecular flexibility index (Phi) is 5.22. The highest BCUT2D eigenvalue weighted by atomic mass is 16.4. The highest BCUT2D eigenvalue weighted by Crippen LogP contribution is 2.06. The summed E-state index contributed by atoms with van der Waals surface area (Å²) in [4.78, 5) is 23.7. The van der Waals surface area contributed by atoms with Crippen molar-refractivity contribution in [1.29, 1.82) is 0 Å². The number of H-pyrrole nitrogens is 1. The zero-order valence-corrected chi connectivity index (χ0v) is 10.8. The maximum Gasteiger partial charge on any atom is 0.336 e. The number of rotatable bonds is 2. The lowest BCUT2D eigenvalue weighted by Gasteiger charge is -2.04. The van der Waals surface area contributed by atoms with Gasteiger partial charge < -0.3 is 15.0 Å². The second-order valence-electron chi connectivity index (χ2n) is 3.93. The van der Waals surface area contributed by atoms with Crippen molar-refractivity contribution in [3.05, 3.63) is 59.3 Å². The predicted molar refractivity (Wildman–Crippen MR) is 69.9 cm³/mol. The van der Waals surface area contributed by atoms with Gasteiger partial charge in [0.15, 0.2) is 0 Å². The molecule has 20 heavy (non-hydrogen) atoms. The van der Waals surface area contributed by atoms with E-state index in [1.165, 1.54) is 24.3 Å². The molecule has 0 bridgehead atoms. The third-order valence-corrected chi connectivity index (χ3v) is 2.34. The van der Waals surface area contributed by atoms with Crippen LogP contribution in [0.15, 0.2) is 42.5 Å². The number of benzene rings is 1. The van der Waals surface area contributed by atoms with Gasteiger partial charge in [-0.05, 0) is 19.1 Å². The van der Waals surface area contributed by atoms with Gasteiger partial charge in [0.25, 0.3) is 5.82 Å². The van der Waals surface area contributed by atoms with Crippen molar-refractivity contribution in [2.75, 3.05) is 5.73 Å². The van der Waals surface area contributed by atoms with Crippen molar-refractivity contribution in [2.24, 2.45) is 0 Å². The smallest absolute Gasteiger partial charge is 0.336 e. The first-order valence-corrected chi connectivity index (χ1v) is 5.70. The van der Waals surface area contributed by atoms with E-state index in [1.54, 1.807) is 0 Å². The number of anilines is 1. The van der Waals surface area contributed by atoms with E-state index in [-0.39, 0.29) is 11.1 Å². The van der Waals surface area contributed by atoms with E-state index < -0.39 is 11.9 Å². The maximum absolute atomic E-state index is 10.4. The number of hydrogen-bond donors (Lipinski definition) is 2. The summed E-state index contributed by atoms with van der Waals surface area (Å²) >= 11 is 0. The molecule has 0 amide bonds. The molecule has 0 saturated heterocycles. The SMILES string of the molecule is Cc1cccc(N)[nH+]1.O=C([O-])c1ccccc1C(=O)O. The Morgan fingerprint density at radius 2 is 1.70 bits per heavy atom. The zero-order chi connectivity index (χ0) is 15.1. The van der Waals surface area contributed by atoms with E-state index in [9.17, 15) is 14.7 Å². The molecule has 0 unspecified atom stereocenters. The third kappa shape index (κ3) is 4.41. The van der Waals surface area contributed by atoms with Gasteiger partial charge >= 0.3 is 5.97 Å². The van der Waals surface area contributed by atoms with Crippen LogP contribution in [0.2, 0.25) is 0 Å². The first kappa shape index (κ1) is 15.2. The Morgan fingerprint density at radius 1 is 1.10 bits per heavy atom. The number of carboxylic acid groups (broad SMARTS) is 2. The van der Waals surface area contributed by atoms with Crippen LogP contribution >= 0.6 is 0 Å². The lowest BCUT2D eigenvalue weighted by Crippen LogP contribution is -2.24. The van der Waals surface area contributed by atoms with Crippen LogP contribution in [0, 0.1) is 6.92 Å². The van der Waals surface area contributed by atoms with E-state index in [0.29, 0.717) is 5.82 Å². The molecule has 0 fully saturated rings. The Balaban J connectivity index is 0.000000217. The summed E-state index contributed by atoms with van der Waals surface area (Å²) in [5.74, 6) is -2.03. The average molecular weight is 274 g/mol. The lowest BCUT2D eigenvalue weighted by atomic mass is 10.1. The van der Waals surface area contributed by atoms with Crippen molar-refractivity contribution >= 4 is 17.8 Å². The predicted octanol–water partition coefficient (Wildman–Crippen LogP) is 0.140. The van der Waals surface area contributed by atoms with Crippen molar-refractivity contribution < 1.29 is 24.8 Å². The number of aromatic amines is 1. The van der Waals surface area contributed by atoms with Gasteiger partial charge in [-0.3, -0.25) is 5.73 Å². The van der Waals surface area contributed by atoms with Crippen LogP contribution in [0.3, 0.4) is 0 Å². The summed E-state index contributed by atoms with van der Waals surface area (Å²) in [6.45, 7) is 1.97. The summed E-state index contributed by atoms with van der Waals surface area (Å²) in [7, 11) is 0. The van der Waals surface area contributed by atoms with Crippen molar-refractivity contribution in [1.82, 2.24) is 0 Å². The summed E-state index contributed by atoms with van der Waals surface area (Å²) in [5, 5.41) is 18.9. The highest BCUT2D eigenvalue weighted by molar-refractivity contribution is 6.00. The van der Waals surface area contributed by atoms with Gasteiger partial charge in [0.05, 0.1) is 17.2 Å². The fraction of sp³-hybridized carbons (Fsp3) is 0.0714. The second-order valence-corrected chi connectivity index (χ2v) is 3.93. The molecule has 1 aromatic carbocycles. The minimum absolute atomic E-state index is 0.252. The summed E-state index contributed by atoms with van der Waals surface area (Å²) in [6, 6.07) is 11.0. The molecule has 0 atom stereocenters. The molecule has 0 radical (unpaired) electrons. The first-order chi connectivity index (χ1) is 9.41. The number of nitrogen functional groups attached to an aromatic ring is 1. The standard InChI is InChI=1S/C8H6O4.C6H8N2/c9-7(10)5-3-1-2-4-6(5)8(11)12;1-5-3-2-4-6(7)8-5/h1-4H,(H,9,10)(H,11,12);2-4H,1H3,(H2,7,8). The van der Waals surface area contributed by atoms with Gasteiger partial charge in [0, 0.05) is 11.6 Å². The van der Waals surface area contributed by atoms with Gasteiger partial charge in [-0.2, -0.15) is 0 Å². The quantitative estimate of drug-likeness (QED) is 0.807. The summed E-state index contributed by atoms with van der Waals surface area (Å²) < 4.78 is 0. The monoisotopic (exact) mass is 274 g/mol. The molecule has 0 aliphatic heterocycles. The molecule has 6 nitrogen and oxygen atoms in total. The van der Waals surface area contributed by atoms with E-state index >= 15 is 0 Å². The van der Waals surface area contributed by atoms with E-state index in [0.717, 1.165) is 5.69 Å². The lowest BCUT2D eigenvalue weighted by molar-refractivity contribution is -0.370. The fourth-order valence-electron chi connectivity index (χ4n) is 1.45. The van der Waals surface area contributed by atoms with Crippen LogP contribution in [-0.2, 0) is 0 Å². The molecule has 104 valence electrons. The molecular formula is C14H14N2O4. The van der Waals surface area contributed by atoms with Crippen molar-refractivity contribution in [3.8, 4) is 0 Å². The largest absolute Gasteiger partial charge is 0.545 e. The number of aromatic nitrogens is 1. The Bertz CT molecular complexity index is 576. The molecule has 1 aromatic heterocycles. The molecule has 2 aromatic rings. The number of pyridine rings is 1. The number of carbonyl (C=O) groups excluding carboxylic acids is 1. The minimum Gasteiger partial charge on any atom is -0.545 e. The van der Waals surface area contributed by atoms with Gasteiger partial charge in [0.1, 0.15) is 0 Å². The molecule has 6 heteroatoms. The van der Waals surface area contributed by atoms with Gasteiger partial charge in [-0.1, -0.05) is 24.3 Å². The normalized spacial score (nSPS) is 9.25. The highest BCUT2D eigenvalue weighted by Gasteiger charge is 2.08. The molecule has 1 heterocycles. The topological polar surface area (TPSA) is 118 Å². The van der Waals surface area contributed by atoms with Crippen LogP contribution in [0.4, 0.5) is 5.82 Å². The molecule has 2 rings (SSSR count). The molecule has 0 aliphatic carbocycles. The van der Waals surface area contributed by atoms with E-state index in [1.807, 2.05) is 25.1 Å². The molecule has 0 aliphatic rings. The Labute approximate surface area is 115 Å². The van der Waals surface area contributed by atoms with Gasteiger partial charge in [0.2, 0.25) is 0 Å². The van der Waals surface area contributed by atoms with E-state index in [4.69, 9.17) is 10.8 Å². The fourth-order valence-corrected chi connectivity index (χ4v) is 1.45. The number of carbonyl (C=O) groups is 2. The maximum atomic E-state index is 10.4. The van der Waals surface area contributed by atoms with Crippen molar-refractivity contribution in [2.45, 2.75) is 6.92 Å². The zero-order valence-electron chi connectivity index (χ0n) is 10.8. The Hall–Kier alpha value is -2.89. The number of aromatic carboxylic acids is 2. The second kappa shape index (κ2) is 6.89. The Morgan fingerprint density at radius 3 is 2.05 bits per heavy atom. The molecule has 0 saturated carbocycles. The van der Waals surface area contributed by atoms with Gasteiger partial charge in [-0.25, -0.2) is 9.78 Å². The third-order valence-electron chi connectivity index (χ3n) is 2.34. The minimum atomic E-state index is -1.48. The summed E-state index contributed by atoms with van der Waals surface area (Å²) in [5.41, 5.74) is 5.94. The van der Waals surface area contributed by atoms with Crippen LogP contribution in [-0.4, -0.2) is 17.0 Å². The first-order valence-electron chi connectivity index (χ1n) is 5.70. The summed E-state index contributed by atoms with van der Waals surface area (Å²) in [6.07, 6.45) is 0. The molecule has 0 spiro atoms. The van der Waals surface area contributed by atoms with Crippen LogP contribution in [0.5, 0.6) is 0 Å². The number of nitrogens with one attached hydrogen (secondary N) is 1. The van der Waals surface area contributed by atoms with Crippen LogP contribution < -0.4 is 15.8 Å². The van der Waals surface area contributed by atoms with Crippen LogP contribution in [0.1, 0.15) is 26.4 Å². The average Bonchev–Trinajstić information content (AvgIpc) is 2.39. The van der Waals surface area contributed by atoms with Crippen LogP contribution in [0.25, 0.3) is 0 Å². The number of nitrogens with two attached hydrogens (primary N) is 1. The number of hydrogen-bond acceptors (Lipinski definition) is 4. The molecular weight excluding hydrogens is 260 g/mol. The molecule has 4 N–H and O–H groups in total. The van der Waals surface area contributed by atoms with Crippen molar-refractivity contribution in [3.63, 3.8) is 0 Å². The van der Waals surface area contributed by atoms with E-state index in [2.05, 4.69) is 4.98 Å².